The molecule has 5 heteroatoms. The van der Waals surface area contributed by atoms with Crippen molar-refractivity contribution in [3.63, 3.8) is 0 Å². The van der Waals surface area contributed by atoms with Gasteiger partial charge in [-0.1, -0.05) is 31.2 Å². The van der Waals surface area contributed by atoms with Crippen LogP contribution in [0.5, 0.6) is 0 Å². The van der Waals surface area contributed by atoms with E-state index >= 15 is 0 Å². The number of hydrogen-bond donors (Lipinski definition) is 0. The number of hydrogen-bond acceptors (Lipinski definition) is 4. The Hall–Kier alpha value is -3.31. The molecule has 2 aliphatic heterocycles. The Bertz CT molecular complexity index is 1460. The molecule has 0 radical (unpaired) electrons. The van der Waals surface area contributed by atoms with Crippen molar-refractivity contribution in [3.05, 3.63) is 77.4 Å². The third-order valence-corrected chi connectivity index (χ3v) is 7.86. The fraction of sp³-hybridized carbons (Fsp3) is 0.250. The molecule has 6 rings (SSSR count). The van der Waals surface area contributed by atoms with Crippen LogP contribution in [0.3, 0.4) is 0 Å². The highest BCUT2D eigenvalue weighted by atomic mass is 32.1. The minimum Gasteiger partial charge on any atom is -0.300 e. The predicted molar refractivity (Wildman–Crippen MR) is 137 cm³/mol. The SMILES string of the molecule is Cc1ccc2nc(-c3ccc(N=C4C(=O)N5c6c4cccc6C(C)CC5(C)C)cc3)sc2c1. The standard InChI is InChI=1S/C28H25N3OS/c1-16-8-13-22-23(14-16)33-26(30-22)18-9-11-19(12-10-18)29-24-21-7-5-6-20-17(2)15-28(3,4)31(25(20)21)27(24)32/h5-14,17H,15H2,1-4H3. The number of carbonyl (C=O) groups is 1. The lowest BCUT2D eigenvalue weighted by atomic mass is 9.80. The molecule has 1 aromatic heterocycles. The van der Waals surface area contributed by atoms with Gasteiger partial charge in [0, 0.05) is 16.7 Å². The van der Waals surface area contributed by atoms with E-state index in [0.717, 1.165) is 39.4 Å². The smallest absolute Gasteiger partial charge is 0.278 e. The van der Waals surface area contributed by atoms with Crippen LogP contribution in [0.4, 0.5) is 11.4 Å². The molecule has 1 atom stereocenters. The third-order valence-electron chi connectivity index (χ3n) is 6.79. The Labute approximate surface area is 197 Å². The number of nitrogens with zero attached hydrogens (tertiary/aromatic N) is 3. The van der Waals surface area contributed by atoms with Gasteiger partial charge in [0.1, 0.15) is 10.7 Å². The van der Waals surface area contributed by atoms with Gasteiger partial charge in [0.25, 0.3) is 5.91 Å². The zero-order valence-corrected chi connectivity index (χ0v) is 20.0. The topological polar surface area (TPSA) is 45.6 Å². The second-order valence-electron chi connectivity index (χ2n) is 9.80. The first-order valence-electron chi connectivity index (χ1n) is 11.4. The summed E-state index contributed by atoms with van der Waals surface area (Å²) in [5.41, 5.74) is 7.65. The van der Waals surface area contributed by atoms with E-state index in [-0.39, 0.29) is 11.4 Å². The number of aromatic nitrogens is 1. The molecular weight excluding hydrogens is 426 g/mol. The Balaban J connectivity index is 1.39. The number of fused-ring (bicyclic) bond motifs is 1. The van der Waals surface area contributed by atoms with Crippen molar-refractivity contribution < 1.29 is 4.79 Å². The van der Waals surface area contributed by atoms with Gasteiger partial charge in [-0.15, -0.1) is 11.3 Å². The molecule has 0 N–H and O–H groups in total. The minimum atomic E-state index is -0.230. The molecule has 3 aromatic carbocycles. The van der Waals surface area contributed by atoms with Crippen LogP contribution in [0.1, 0.15) is 49.8 Å². The summed E-state index contributed by atoms with van der Waals surface area (Å²) in [7, 11) is 0. The lowest BCUT2D eigenvalue weighted by Crippen LogP contribution is -2.50. The van der Waals surface area contributed by atoms with Gasteiger partial charge >= 0.3 is 0 Å². The molecule has 0 aliphatic carbocycles. The number of amides is 1. The second kappa shape index (κ2) is 7.09. The van der Waals surface area contributed by atoms with Crippen molar-refractivity contribution in [2.45, 2.75) is 45.6 Å². The van der Waals surface area contributed by atoms with Crippen molar-refractivity contribution in [2.75, 3.05) is 4.90 Å². The monoisotopic (exact) mass is 451 g/mol. The minimum absolute atomic E-state index is 0.0000283. The molecule has 0 bridgehead atoms. The summed E-state index contributed by atoms with van der Waals surface area (Å²) in [5, 5.41) is 0.995. The van der Waals surface area contributed by atoms with E-state index in [9.17, 15) is 4.79 Å². The highest BCUT2D eigenvalue weighted by Crippen LogP contribution is 2.48. The number of anilines is 1. The molecule has 4 nitrogen and oxygen atoms in total. The van der Waals surface area contributed by atoms with Gasteiger partial charge in [-0.05, 0) is 80.6 Å². The van der Waals surface area contributed by atoms with Crippen LogP contribution in [-0.2, 0) is 4.79 Å². The number of para-hydroxylation sites is 1. The zero-order valence-electron chi connectivity index (χ0n) is 19.2. The Morgan fingerprint density at radius 3 is 2.67 bits per heavy atom. The lowest BCUT2D eigenvalue weighted by molar-refractivity contribution is -0.113. The maximum absolute atomic E-state index is 13.5. The fourth-order valence-corrected chi connectivity index (χ4v) is 6.39. The van der Waals surface area contributed by atoms with Gasteiger partial charge in [-0.25, -0.2) is 9.98 Å². The quantitative estimate of drug-likeness (QED) is 0.329. The maximum atomic E-state index is 13.5. The molecule has 2 aliphatic rings. The molecule has 1 amide bonds. The Morgan fingerprint density at radius 1 is 1.09 bits per heavy atom. The van der Waals surface area contributed by atoms with Crippen molar-refractivity contribution >= 4 is 44.5 Å². The summed E-state index contributed by atoms with van der Waals surface area (Å²) in [4.78, 5) is 25.1. The Kier molecular flexibility index (Phi) is 4.36. The molecule has 164 valence electrons. The average molecular weight is 452 g/mol. The maximum Gasteiger partial charge on any atom is 0.278 e. The van der Waals surface area contributed by atoms with Gasteiger partial charge in [-0.2, -0.15) is 0 Å². The van der Waals surface area contributed by atoms with E-state index in [4.69, 9.17) is 9.98 Å². The average Bonchev–Trinajstić information content (AvgIpc) is 3.32. The normalized spacial score (nSPS) is 20.0. The molecule has 4 aromatic rings. The van der Waals surface area contributed by atoms with Gasteiger partial charge in [0.15, 0.2) is 0 Å². The Morgan fingerprint density at radius 2 is 1.88 bits per heavy atom. The predicted octanol–water partition coefficient (Wildman–Crippen LogP) is 7.02. The molecular formula is C28H25N3OS. The third kappa shape index (κ3) is 3.14. The van der Waals surface area contributed by atoms with E-state index in [0.29, 0.717) is 11.6 Å². The zero-order chi connectivity index (χ0) is 22.9. The van der Waals surface area contributed by atoms with Crippen molar-refractivity contribution in [3.8, 4) is 10.6 Å². The van der Waals surface area contributed by atoms with Gasteiger partial charge in [0.05, 0.1) is 21.6 Å². The summed E-state index contributed by atoms with van der Waals surface area (Å²) in [6, 6.07) is 20.6. The van der Waals surface area contributed by atoms with Gasteiger partial charge in [-0.3, -0.25) is 4.79 Å². The summed E-state index contributed by atoms with van der Waals surface area (Å²) in [6.45, 7) is 8.65. The molecule has 0 saturated heterocycles. The van der Waals surface area contributed by atoms with Gasteiger partial charge < -0.3 is 4.90 Å². The van der Waals surface area contributed by atoms with Crippen LogP contribution in [0.15, 0.2) is 65.7 Å². The molecule has 0 saturated carbocycles. The van der Waals surface area contributed by atoms with E-state index in [2.05, 4.69) is 52.0 Å². The number of carbonyl (C=O) groups excluding carboxylic acids is 1. The second-order valence-corrected chi connectivity index (χ2v) is 10.8. The number of thiazole rings is 1. The highest BCUT2D eigenvalue weighted by molar-refractivity contribution is 7.21. The van der Waals surface area contributed by atoms with E-state index in [1.54, 1.807) is 11.3 Å². The number of benzene rings is 3. The summed E-state index contributed by atoms with van der Waals surface area (Å²) in [6.07, 6.45) is 0.943. The van der Waals surface area contributed by atoms with Crippen LogP contribution < -0.4 is 4.90 Å². The first-order chi connectivity index (χ1) is 15.8. The van der Waals surface area contributed by atoms with Crippen molar-refractivity contribution in [1.82, 2.24) is 4.98 Å². The van der Waals surface area contributed by atoms with Crippen LogP contribution in [0.25, 0.3) is 20.8 Å². The summed E-state index contributed by atoms with van der Waals surface area (Å²) >= 11 is 1.70. The first-order valence-corrected chi connectivity index (χ1v) is 12.2. The largest absolute Gasteiger partial charge is 0.300 e. The number of aryl methyl sites for hydroxylation is 1. The summed E-state index contributed by atoms with van der Waals surface area (Å²) < 4.78 is 1.20. The molecule has 33 heavy (non-hydrogen) atoms. The summed E-state index contributed by atoms with van der Waals surface area (Å²) in [5.74, 6) is 0.412. The molecule has 0 spiro atoms. The molecule has 1 unspecified atom stereocenters. The number of aliphatic imine (C=N–C) groups is 1. The van der Waals surface area contributed by atoms with Crippen LogP contribution in [0, 0.1) is 6.92 Å². The number of rotatable bonds is 2. The van der Waals surface area contributed by atoms with Crippen molar-refractivity contribution in [2.24, 2.45) is 4.99 Å². The van der Waals surface area contributed by atoms with Crippen molar-refractivity contribution in [1.29, 1.82) is 0 Å². The first kappa shape index (κ1) is 20.3. The van der Waals surface area contributed by atoms with Crippen LogP contribution >= 0.6 is 11.3 Å². The van der Waals surface area contributed by atoms with Gasteiger partial charge in [0.2, 0.25) is 0 Å². The van der Waals surface area contributed by atoms with E-state index < -0.39 is 0 Å². The highest BCUT2D eigenvalue weighted by Gasteiger charge is 2.47. The lowest BCUT2D eigenvalue weighted by Gasteiger charge is -2.43. The van der Waals surface area contributed by atoms with Crippen LogP contribution in [0.2, 0.25) is 0 Å². The van der Waals surface area contributed by atoms with Crippen LogP contribution in [-0.4, -0.2) is 22.1 Å². The van der Waals surface area contributed by atoms with E-state index in [1.165, 1.54) is 15.8 Å². The fourth-order valence-electron chi connectivity index (χ4n) is 5.32. The molecule has 0 fully saturated rings. The van der Waals surface area contributed by atoms with E-state index in [1.807, 2.05) is 41.3 Å². The molecule has 3 heterocycles.